The third kappa shape index (κ3) is 8.11. The van der Waals surface area contributed by atoms with Crippen LogP contribution in [0.3, 0.4) is 0 Å². The van der Waals surface area contributed by atoms with E-state index in [2.05, 4.69) is 5.32 Å². The lowest BCUT2D eigenvalue weighted by atomic mass is 10.0. The summed E-state index contributed by atoms with van der Waals surface area (Å²) in [4.78, 5) is 29.0. The molecule has 0 saturated heterocycles. The van der Waals surface area contributed by atoms with Gasteiger partial charge in [0.1, 0.15) is 12.6 Å². The summed E-state index contributed by atoms with van der Waals surface area (Å²) in [7, 11) is -4.09. The molecule has 0 bridgehead atoms. The zero-order valence-electron chi connectivity index (χ0n) is 23.1. The van der Waals surface area contributed by atoms with Crippen molar-refractivity contribution < 1.29 is 26.8 Å². The smallest absolute Gasteiger partial charge is 0.244 e. The molecular weight excluding hydrogens is 536 g/mol. The first-order valence-electron chi connectivity index (χ1n) is 13.0. The van der Waals surface area contributed by atoms with Crippen LogP contribution in [0.2, 0.25) is 0 Å². The number of hydrogen-bond acceptors (Lipinski definition) is 4. The second kappa shape index (κ2) is 13.5. The molecule has 0 saturated carbocycles. The lowest BCUT2D eigenvalue weighted by Gasteiger charge is -2.34. The Hall–Kier alpha value is -3.79. The van der Waals surface area contributed by atoms with Crippen LogP contribution >= 0.6 is 0 Å². The third-order valence-electron chi connectivity index (χ3n) is 6.74. The van der Waals surface area contributed by atoms with Gasteiger partial charge >= 0.3 is 0 Å². The Morgan fingerprint density at radius 3 is 2.20 bits per heavy atom. The molecule has 214 valence electrons. The molecule has 0 radical (unpaired) electrons. The van der Waals surface area contributed by atoms with E-state index < -0.39 is 40.2 Å². The van der Waals surface area contributed by atoms with E-state index in [0.717, 1.165) is 45.5 Å². The van der Waals surface area contributed by atoms with Crippen LogP contribution in [0, 0.1) is 18.6 Å². The molecule has 0 aliphatic carbocycles. The molecule has 40 heavy (non-hydrogen) atoms. The number of carbonyl (C=O) groups excluding carboxylic acids is 2. The maximum Gasteiger partial charge on any atom is 0.244 e. The average Bonchev–Trinajstić information content (AvgIpc) is 2.91. The number of carbonyl (C=O) groups is 2. The standard InChI is InChI=1S/C30H35F2N3O4S/c1-5-22(3)33-30(37)28(17-23-12-7-6-8-13-23)34(19-24-14-10-9-11-21(24)2)29(36)20-35(40(4,38)39)25-15-16-26(31)27(32)18-25/h6-16,18,22,28H,5,17,19-20H2,1-4H3,(H,33,37)/t22-,28+/m1/s1. The number of nitrogens with one attached hydrogen (secondary N) is 1. The monoisotopic (exact) mass is 571 g/mol. The van der Waals surface area contributed by atoms with Gasteiger partial charge in [0.2, 0.25) is 21.8 Å². The maximum absolute atomic E-state index is 14.0. The highest BCUT2D eigenvalue weighted by molar-refractivity contribution is 7.92. The topological polar surface area (TPSA) is 86.8 Å². The second-order valence-corrected chi connectivity index (χ2v) is 11.7. The van der Waals surface area contributed by atoms with Gasteiger partial charge in [-0.1, -0.05) is 61.5 Å². The van der Waals surface area contributed by atoms with E-state index in [0.29, 0.717) is 6.42 Å². The molecule has 3 rings (SSSR count). The fourth-order valence-electron chi connectivity index (χ4n) is 4.22. The minimum Gasteiger partial charge on any atom is -0.352 e. The SMILES string of the molecule is CC[C@@H](C)NC(=O)[C@H](Cc1ccccc1)N(Cc1ccccc1C)C(=O)CN(c1ccc(F)c(F)c1)S(C)(=O)=O. The first kappa shape index (κ1) is 30.7. The zero-order chi connectivity index (χ0) is 29.4. The van der Waals surface area contributed by atoms with E-state index >= 15 is 0 Å². The number of aryl methyl sites for hydroxylation is 1. The summed E-state index contributed by atoms with van der Waals surface area (Å²) in [6.07, 6.45) is 1.74. The highest BCUT2D eigenvalue weighted by Gasteiger charge is 2.33. The molecule has 1 N–H and O–H groups in total. The number of amides is 2. The van der Waals surface area contributed by atoms with Crippen LogP contribution in [0.4, 0.5) is 14.5 Å². The van der Waals surface area contributed by atoms with Gasteiger partial charge in [0.15, 0.2) is 11.6 Å². The second-order valence-electron chi connectivity index (χ2n) is 9.84. The lowest BCUT2D eigenvalue weighted by molar-refractivity contribution is -0.140. The number of benzene rings is 3. The van der Waals surface area contributed by atoms with E-state index in [1.165, 1.54) is 4.90 Å². The zero-order valence-corrected chi connectivity index (χ0v) is 23.9. The summed E-state index contributed by atoms with van der Waals surface area (Å²) in [6, 6.07) is 18.1. The summed E-state index contributed by atoms with van der Waals surface area (Å²) in [6.45, 7) is 5.00. The largest absolute Gasteiger partial charge is 0.352 e. The summed E-state index contributed by atoms with van der Waals surface area (Å²) in [5.41, 5.74) is 2.29. The molecule has 10 heteroatoms. The van der Waals surface area contributed by atoms with Crippen molar-refractivity contribution in [3.05, 3.63) is 101 Å². The van der Waals surface area contributed by atoms with Gasteiger partial charge in [-0.2, -0.15) is 0 Å². The van der Waals surface area contributed by atoms with Crippen molar-refractivity contribution in [1.82, 2.24) is 10.2 Å². The normalized spacial score (nSPS) is 12.8. The van der Waals surface area contributed by atoms with E-state index in [-0.39, 0.29) is 30.6 Å². The van der Waals surface area contributed by atoms with Crippen LogP contribution in [0.25, 0.3) is 0 Å². The molecule has 0 aliphatic rings. The average molecular weight is 572 g/mol. The Kier molecular flexibility index (Phi) is 10.4. The Morgan fingerprint density at radius 1 is 0.950 bits per heavy atom. The minimum atomic E-state index is -4.09. The van der Waals surface area contributed by atoms with Crippen molar-refractivity contribution in [2.75, 3.05) is 17.1 Å². The van der Waals surface area contributed by atoms with Crippen molar-refractivity contribution in [1.29, 1.82) is 0 Å². The van der Waals surface area contributed by atoms with Gasteiger partial charge in [0.25, 0.3) is 0 Å². The van der Waals surface area contributed by atoms with Crippen molar-refractivity contribution in [2.24, 2.45) is 0 Å². The van der Waals surface area contributed by atoms with Crippen molar-refractivity contribution in [3.8, 4) is 0 Å². The number of rotatable bonds is 12. The number of anilines is 1. The molecule has 2 atom stereocenters. The summed E-state index contributed by atoms with van der Waals surface area (Å²) in [5.74, 6) is -3.43. The van der Waals surface area contributed by atoms with Crippen LogP contribution in [0.1, 0.15) is 37.0 Å². The summed E-state index contributed by atoms with van der Waals surface area (Å²) >= 11 is 0. The highest BCUT2D eigenvalue weighted by atomic mass is 32.2. The number of halogens is 2. The molecular formula is C30H35F2N3O4S. The Labute approximate surface area is 234 Å². The van der Waals surface area contributed by atoms with E-state index in [4.69, 9.17) is 0 Å². The van der Waals surface area contributed by atoms with Gasteiger partial charge in [-0.3, -0.25) is 13.9 Å². The predicted molar refractivity (Wildman–Crippen MR) is 152 cm³/mol. The van der Waals surface area contributed by atoms with E-state index in [9.17, 15) is 26.8 Å². The molecule has 2 amide bonds. The maximum atomic E-state index is 14.0. The van der Waals surface area contributed by atoms with Gasteiger partial charge in [0, 0.05) is 25.1 Å². The molecule has 0 heterocycles. The number of nitrogens with zero attached hydrogens (tertiary/aromatic N) is 2. The quantitative estimate of drug-likeness (QED) is 0.345. The molecule has 7 nitrogen and oxygen atoms in total. The fourth-order valence-corrected chi connectivity index (χ4v) is 5.06. The predicted octanol–water partition coefficient (Wildman–Crippen LogP) is 4.59. The molecule has 0 aromatic heterocycles. The van der Waals surface area contributed by atoms with Gasteiger partial charge < -0.3 is 10.2 Å². The molecule has 3 aromatic carbocycles. The van der Waals surface area contributed by atoms with Gasteiger partial charge in [-0.15, -0.1) is 0 Å². The minimum absolute atomic E-state index is 0.0340. The Bertz CT molecular complexity index is 1430. The summed E-state index contributed by atoms with van der Waals surface area (Å²) < 4.78 is 53.8. The van der Waals surface area contributed by atoms with Crippen molar-refractivity contribution in [3.63, 3.8) is 0 Å². The van der Waals surface area contributed by atoms with Crippen LogP contribution in [-0.2, 0) is 32.6 Å². The molecule has 0 spiro atoms. The third-order valence-corrected chi connectivity index (χ3v) is 7.89. The van der Waals surface area contributed by atoms with Gasteiger partial charge in [-0.25, -0.2) is 17.2 Å². The highest BCUT2D eigenvalue weighted by Crippen LogP contribution is 2.23. The molecule has 0 aliphatic heterocycles. The molecule has 3 aromatic rings. The van der Waals surface area contributed by atoms with Crippen LogP contribution in [0.15, 0.2) is 72.8 Å². The number of sulfonamides is 1. The van der Waals surface area contributed by atoms with Crippen molar-refractivity contribution in [2.45, 2.75) is 52.2 Å². The fraction of sp³-hybridized carbons (Fsp3) is 0.333. The van der Waals surface area contributed by atoms with E-state index in [1.807, 2.05) is 75.4 Å². The lowest BCUT2D eigenvalue weighted by Crippen LogP contribution is -2.54. The van der Waals surface area contributed by atoms with E-state index in [1.54, 1.807) is 0 Å². The first-order chi connectivity index (χ1) is 18.9. The summed E-state index contributed by atoms with van der Waals surface area (Å²) in [5, 5.41) is 2.96. The first-order valence-corrected chi connectivity index (χ1v) is 14.9. The van der Waals surface area contributed by atoms with Gasteiger partial charge in [0.05, 0.1) is 11.9 Å². The van der Waals surface area contributed by atoms with Crippen LogP contribution in [0.5, 0.6) is 0 Å². The molecule has 0 unspecified atom stereocenters. The molecule has 0 fully saturated rings. The number of hydrogen-bond donors (Lipinski definition) is 1. The Morgan fingerprint density at radius 2 is 1.60 bits per heavy atom. The van der Waals surface area contributed by atoms with Crippen molar-refractivity contribution >= 4 is 27.5 Å². The van der Waals surface area contributed by atoms with Crippen LogP contribution in [-0.4, -0.2) is 50.0 Å². The van der Waals surface area contributed by atoms with Crippen LogP contribution < -0.4 is 9.62 Å². The van der Waals surface area contributed by atoms with Gasteiger partial charge in [-0.05, 0) is 49.1 Å². The Balaban J connectivity index is 2.08.